The second-order valence-corrected chi connectivity index (χ2v) is 8.96. The number of halogens is 2. The molecule has 2 aromatic carbocycles. The average Bonchev–Trinajstić information content (AvgIpc) is 2.50. The molecule has 0 spiro atoms. The number of rotatable bonds is 6. The van der Waals surface area contributed by atoms with Gasteiger partial charge in [-0.25, -0.2) is 8.42 Å². The first kappa shape index (κ1) is 19.9. The van der Waals surface area contributed by atoms with Crippen LogP contribution in [0.1, 0.15) is 11.1 Å². The second kappa shape index (κ2) is 8.31. The summed E-state index contributed by atoms with van der Waals surface area (Å²) in [7, 11) is -3.55. The SMILES string of the molecule is Cc1ccc(NC(=O)CN(Cc2ccc(Cl)cc2)S(C)(=O)=O)c(Br)c1. The van der Waals surface area contributed by atoms with Crippen LogP contribution in [0.15, 0.2) is 46.9 Å². The molecular formula is C17H18BrClN2O3S. The number of hydrogen-bond acceptors (Lipinski definition) is 3. The van der Waals surface area contributed by atoms with Gasteiger partial charge in [-0.3, -0.25) is 4.79 Å². The normalized spacial score (nSPS) is 11.6. The van der Waals surface area contributed by atoms with Gasteiger partial charge in [0.1, 0.15) is 0 Å². The third kappa shape index (κ3) is 6.11. The van der Waals surface area contributed by atoms with Crippen molar-refractivity contribution < 1.29 is 13.2 Å². The van der Waals surface area contributed by atoms with Gasteiger partial charge in [-0.2, -0.15) is 4.31 Å². The highest BCUT2D eigenvalue weighted by Gasteiger charge is 2.21. The molecule has 0 saturated carbocycles. The fourth-order valence-corrected chi connectivity index (χ4v) is 3.61. The van der Waals surface area contributed by atoms with Crippen molar-refractivity contribution in [2.75, 3.05) is 18.1 Å². The summed E-state index contributed by atoms with van der Waals surface area (Å²) in [5.74, 6) is -0.413. The molecule has 0 radical (unpaired) electrons. The van der Waals surface area contributed by atoms with Gasteiger partial charge in [0.15, 0.2) is 0 Å². The van der Waals surface area contributed by atoms with E-state index < -0.39 is 15.9 Å². The largest absolute Gasteiger partial charge is 0.324 e. The van der Waals surface area contributed by atoms with Gasteiger partial charge >= 0.3 is 0 Å². The van der Waals surface area contributed by atoms with Crippen molar-refractivity contribution in [3.8, 4) is 0 Å². The fourth-order valence-electron chi connectivity index (χ4n) is 2.16. The van der Waals surface area contributed by atoms with Gasteiger partial charge in [0, 0.05) is 16.0 Å². The van der Waals surface area contributed by atoms with Crippen LogP contribution in [0.3, 0.4) is 0 Å². The summed E-state index contributed by atoms with van der Waals surface area (Å²) in [6, 6.07) is 12.3. The molecule has 0 aromatic heterocycles. The Balaban J connectivity index is 2.11. The molecule has 0 aliphatic heterocycles. The maximum Gasteiger partial charge on any atom is 0.239 e. The van der Waals surface area contributed by atoms with Crippen LogP contribution in [0.2, 0.25) is 5.02 Å². The lowest BCUT2D eigenvalue weighted by molar-refractivity contribution is -0.116. The number of anilines is 1. The Hall–Kier alpha value is -1.41. The van der Waals surface area contributed by atoms with Crippen molar-refractivity contribution in [2.45, 2.75) is 13.5 Å². The van der Waals surface area contributed by atoms with Crippen LogP contribution < -0.4 is 5.32 Å². The first-order valence-corrected chi connectivity index (χ1v) is 10.4. The van der Waals surface area contributed by atoms with Crippen molar-refractivity contribution in [1.82, 2.24) is 4.31 Å². The lowest BCUT2D eigenvalue weighted by atomic mass is 10.2. The minimum absolute atomic E-state index is 0.0957. The van der Waals surface area contributed by atoms with Crippen LogP contribution in [-0.4, -0.2) is 31.4 Å². The predicted molar refractivity (Wildman–Crippen MR) is 104 cm³/mol. The highest BCUT2D eigenvalue weighted by atomic mass is 79.9. The molecule has 0 unspecified atom stereocenters. The molecule has 25 heavy (non-hydrogen) atoms. The molecule has 0 atom stereocenters. The van der Waals surface area contributed by atoms with Crippen molar-refractivity contribution in [2.24, 2.45) is 0 Å². The van der Waals surface area contributed by atoms with Gasteiger partial charge in [0.25, 0.3) is 0 Å². The molecule has 0 saturated heterocycles. The molecule has 134 valence electrons. The lowest BCUT2D eigenvalue weighted by Gasteiger charge is -2.20. The molecular weight excluding hydrogens is 428 g/mol. The zero-order valence-electron chi connectivity index (χ0n) is 13.8. The monoisotopic (exact) mass is 444 g/mol. The van der Waals surface area contributed by atoms with E-state index in [1.54, 1.807) is 30.3 Å². The zero-order chi connectivity index (χ0) is 18.6. The molecule has 0 fully saturated rings. The minimum Gasteiger partial charge on any atom is -0.324 e. The van der Waals surface area contributed by atoms with Crippen molar-refractivity contribution in [3.05, 3.63) is 63.1 Å². The Labute approximate surface area is 161 Å². The van der Waals surface area contributed by atoms with E-state index in [0.717, 1.165) is 26.2 Å². The predicted octanol–water partition coefficient (Wildman–Crippen LogP) is 3.81. The summed E-state index contributed by atoms with van der Waals surface area (Å²) in [6.07, 6.45) is 1.08. The maximum atomic E-state index is 12.3. The number of sulfonamides is 1. The van der Waals surface area contributed by atoms with E-state index in [0.29, 0.717) is 10.7 Å². The van der Waals surface area contributed by atoms with Gasteiger partial charge < -0.3 is 5.32 Å². The van der Waals surface area contributed by atoms with Crippen molar-refractivity contribution in [3.63, 3.8) is 0 Å². The number of amides is 1. The van der Waals surface area contributed by atoms with Gasteiger partial charge in [-0.05, 0) is 58.2 Å². The Morgan fingerprint density at radius 2 is 1.84 bits per heavy atom. The van der Waals surface area contributed by atoms with Gasteiger partial charge in [0.05, 0.1) is 18.5 Å². The summed E-state index contributed by atoms with van der Waals surface area (Å²) in [4.78, 5) is 12.3. The standard InChI is InChI=1S/C17H18BrClN2O3S/c1-12-3-8-16(15(18)9-12)20-17(22)11-21(25(2,23)24)10-13-4-6-14(19)7-5-13/h3-9H,10-11H2,1-2H3,(H,20,22). The third-order valence-electron chi connectivity index (χ3n) is 3.46. The van der Waals surface area contributed by atoms with E-state index in [2.05, 4.69) is 21.2 Å². The molecule has 2 aromatic rings. The van der Waals surface area contributed by atoms with Crippen LogP contribution in [0.25, 0.3) is 0 Å². The first-order valence-electron chi connectivity index (χ1n) is 7.41. The average molecular weight is 446 g/mol. The molecule has 2 rings (SSSR count). The third-order valence-corrected chi connectivity index (χ3v) is 5.56. The number of nitrogens with one attached hydrogen (secondary N) is 1. The molecule has 0 bridgehead atoms. The highest BCUT2D eigenvalue weighted by molar-refractivity contribution is 9.10. The Bertz CT molecular complexity index is 870. The van der Waals surface area contributed by atoms with Gasteiger partial charge in [-0.1, -0.05) is 29.8 Å². The summed E-state index contributed by atoms with van der Waals surface area (Å²) >= 11 is 9.22. The molecule has 1 amide bonds. The molecule has 1 N–H and O–H groups in total. The summed E-state index contributed by atoms with van der Waals surface area (Å²) in [5, 5.41) is 3.29. The van der Waals surface area contributed by atoms with Crippen molar-refractivity contribution >= 4 is 49.1 Å². The topological polar surface area (TPSA) is 66.5 Å². The van der Waals surface area contributed by atoms with E-state index in [1.165, 1.54) is 0 Å². The quantitative estimate of drug-likeness (QED) is 0.735. The minimum atomic E-state index is -3.55. The number of carbonyl (C=O) groups excluding carboxylic acids is 1. The van der Waals surface area contributed by atoms with E-state index >= 15 is 0 Å². The van der Waals surface area contributed by atoms with Gasteiger partial charge in [0.2, 0.25) is 15.9 Å². The number of hydrogen-bond donors (Lipinski definition) is 1. The zero-order valence-corrected chi connectivity index (χ0v) is 17.0. The Morgan fingerprint density at radius 3 is 2.40 bits per heavy atom. The van der Waals surface area contributed by atoms with Crippen LogP contribution in [0.4, 0.5) is 5.69 Å². The summed E-state index contributed by atoms with van der Waals surface area (Å²) in [6.45, 7) is 1.76. The highest BCUT2D eigenvalue weighted by Crippen LogP contribution is 2.23. The van der Waals surface area contributed by atoms with Crippen molar-refractivity contribution in [1.29, 1.82) is 0 Å². The Morgan fingerprint density at radius 1 is 1.20 bits per heavy atom. The second-order valence-electron chi connectivity index (χ2n) is 5.69. The first-order chi connectivity index (χ1) is 11.6. The van der Waals surface area contributed by atoms with E-state index in [-0.39, 0.29) is 13.1 Å². The molecule has 0 heterocycles. The van der Waals surface area contributed by atoms with Crippen LogP contribution in [0.5, 0.6) is 0 Å². The number of carbonyl (C=O) groups is 1. The number of benzene rings is 2. The number of aryl methyl sites for hydroxylation is 1. The smallest absolute Gasteiger partial charge is 0.239 e. The van der Waals surface area contributed by atoms with E-state index in [1.807, 2.05) is 19.1 Å². The summed E-state index contributed by atoms with van der Waals surface area (Å²) < 4.78 is 25.9. The molecule has 0 aliphatic carbocycles. The van der Waals surface area contributed by atoms with E-state index in [4.69, 9.17) is 11.6 Å². The Kier molecular flexibility index (Phi) is 6.62. The molecule has 5 nitrogen and oxygen atoms in total. The fraction of sp³-hybridized carbons (Fsp3) is 0.235. The maximum absolute atomic E-state index is 12.3. The van der Waals surface area contributed by atoms with Gasteiger partial charge in [-0.15, -0.1) is 0 Å². The molecule has 0 aliphatic rings. The van der Waals surface area contributed by atoms with Crippen LogP contribution in [0, 0.1) is 6.92 Å². The van der Waals surface area contributed by atoms with Crippen LogP contribution in [-0.2, 0) is 21.4 Å². The van der Waals surface area contributed by atoms with E-state index in [9.17, 15) is 13.2 Å². The van der Waals surface area contributed by atoms with Crippen LogP contribution >= 0.6 is 27.5 Å². The molecule has 8 heteroatoms. The lowest BCUT2D eigenvalue weighted by Crippen LogP contribution is -2.36. The summed E-state index contributed by atoms with van der Waals surface area (Å²) in [5.41, 5.74) is 2.39. The number of nitrogens with zero attached hydrogens (tertiary/aromatic N) is 1.